The van der Waals surface area contributed by atoms with Gasteiger partial charge in [-0.2, -0.15) is 13.2 Å². The van der Waals surface area contributed by atoms with E-state index in [9.17, 15) is 13.2 Å². The lowest BCUT2D eigenvalue weighted by Gasteiger charge is -2.39. The third kappa shape index (κ3) is 2.23. The van der Waals surface area contributed by atoms with E-state index in [0.717, 1.165) is 6.42 Å². The molecule has 5 heteroatoms. The number of rotatable bonds is 2. The molecular weight excluding hydrogens is 241 g/mol. The van der Waals surface area contributed by atoms with Crippen LogP contribution in [-0.4, -0.2) is 35.7 Å². The molecule has 1 aliphatic heterocycles. The minimum atomic E-state index is -4.08. The summed E-state index contributed by atoms with van der Waals surface area (Å²) in [5, 5.41) is 0. The highest BCUT2D eigenvalue weighted by atomic mass is 19.4. The van der Waals surface area contributed by atoms with Crippen LogP contribution < -0.4 is 0 Å². The highest BCUT2D eigenvalue weighted by Crippen LogP contribution is 2.51. The predicted molar refractivity (Wildman–Crippen MR) is 61.1 cm³/mol. The van der Waals surface area contributed by atoms with Gasteiger partial charge in [0.2, 0.25) is 0 Å². The summed E-state index contributed by atoms with van der Waals surface area (Å²) < 4.78 is 37.1. The lowest BCUT2D eigenvalue weighted by atomic mass is 9.64. The molecule has 0 spiro atoms. The molecule has 1 aliphatic carbocycles. The van der Waals surface area contributed by atoms with Crippen LogP contribution in [0.4, 0.5) is 13.2 Å². The van der Waals surface area contributed by atoms with Crippen molar-refractivity contribution in [2.24, 2.45) is 11.8 Å². The topological polar surface area (TPSA) is 16.1 Å². The number of hydrogen-bond donors (Lipinski definition) is 0. The largest absolute Gasteiger partial charge is 0.401 e. The van der Waals surface area contributed by atoms with Crippen molar-refractivity contribution < 1.29 is 13.2 Å². The standard InChI is InChI=1S/C13H15F3N2/c14-13(15,16)8-18-6-10-4-11(12(10)7-18)9-2-1-3-17-5-9/h1-3,5,10-12H,4,6-8H2. The first-order chi connectivity index (χ1) is 8.53. The predicted octanol–water partition coefficient (Wildman–Crippen LogP) is 2.68. The molecule has 1 saturated heterocycles. The number of hydrogen-bond acceptors (Lipinski definition) is 2. The number of likely N-dealkylation sites (tertiary alicyclic amines) is 1. The van der Waals surface area contributed by atoms with Gasteiger partial charge in [-0.05, 0) is 35.8 Å². The van der Waals surface area contributed by atoms with Crippen LogP contribution in [-0.2, 0) is 0 Å². The first kappa shape index (κ1) is 12.0. The third-order valence-corrected chi connectivity index (χ3v) is 4.16. The Morgan fingerprint density at radius 3 is 2.83 bits per heavy atom. The van der Waals surface area contributed by atoms with Crippen LogP contribution in [0.5, 0.6) is 0 Å². The lowest BCUT2D eigenvalue weighted by molar-refractivity contribution is -0.143. The molecule has 98 valence electrons. The summed E-state index contributed by atoms with van der Waals surface area (Å²) in [7, 11) is 0. The van der Waals surface area contributed by atoms with Crippen LogP contribution >= 0.6 is 0 Å². The molecule has 1 aromatic heterocycles. The molecule has 2 aliphatic rings. The first-order valence-corrected chi connectivity index (χ1v) is 6.22. The van der Waals surface area contributed by atoms with E-state index < -0.39 is 12.7 Å². The summed E-state index contributed by atoms with van der Waals surface area (Å²) in [6, 6.07) is 3.92. The number of halogens is 3. The van der Waals surface area contributed by atoms with E-state index in [0.29, 0.717) is 30.8 Å². The average molecular weight is 256 g/mol. The molecule has 1 saturated carbocycles. The Morgan fingerprint density at radius 1 is 1.33 bits per heavy atom. The maximum atomic E-state index is 12.4. The molecule has 3 rings (SSSR count). The normalized spacial score (nSPS) is 32.1. The summed E-state index contributed by atoms with van der Waals surface area (Å²) in [5.74, 6) is 1.23. The molecule has 1 aromatic rings. The summed E-state index contributed by atoms with van der Waals surface area (Å²) in [6.07, 6.45) is 0.496. The average Bonchev–Trinajstić information content (AvgIpc) is 2.57. The van der Waals surface area contributed by atoms with Gasteiger partial charge in [-0.1, -0.05) is 6.07 Å². The number of alkyl halides is 3. The number of fused-ring (bicyclic) bond motifs is 1. The van der Waals surface area contributed by atoms with Gasteiger partial charge in [0.25, 0.3) is 0 Å². The van der Waals surface area contributed by atoms with Crippen molar-refractivity contribution in [2.75, 3.05) is 19.6 Å². The first-order valence-electron chi connectivity index (χ1n) is 6.22. The van der Waals surface area contributed by atoms with E-state index >= 15 is 0 Å². The summed E-state index contributed by atoms with van der Waals surface area (Å²) >= 11 is 0. The van der Waals surface area contributed by atoms with Gasteiger partial charge >= 0.3 is 6.18 Å². The van der Waals surface area contributed by atoms with Gasteiger partial charge in [0.15, 0.2) is 0 Å². The van der Waals surface area contributed by atoms with Crippen LogP contribution in [0, 0.1) is 11.8 Å². The van der Waals surface area contributed by atoms with Crippen molar-refractivity contribution in [2.45, 2.75) is 18.5 Å². The summed E-state index contributed by atoms with van der Waals surface area (Å²) in [6.45, 7) is 0.407. The molecule has 2 heterocycles. The molecule has 0 aromatic carbocycles. The fourth-order valence-corrected chi connectivity index (χ4v) is 3.36. The molecule has 2 nitrogen and oxygen atoms in total. The highest BCUT2D eigenvalue weighted by molar-refractivity contribution is 5.21. The zero-order chi connectivity index (χ0) is 12.8. The highest BCUT2D eigenvalue weighted by Gasteiger charge is 2.49. The van der Waals surface area contributed by atoms with Gasteiger partial charge < -0.3 is 0 Å². The summed E-state index contributed by atoms with van der Waals surface area (Å²) in [4.78, 5) is 5.63. The van der Waals surface area contributed by atoms with Crippen molar-refractivity contribution in [3.8, 4) is 0 Å². The third-order valence-electron chi connectivity index (χ3n) is 4.16. The minimum Gasteiger partial charge on any atom is -0.294 e. The van der Waals surface area contributed by atoms with E-state index in [1.165, 1.54) is 5.56 Å². The molecule has 0 bridgehead atoms. The molecule has 0 amide bonds. The Labute approximate surface area is 104 Å². The number of nitrogens with zero attached hydrogens (tertiary/aromatic N) is 2. The molecular formula is C13H15F3N2. The van der Waals surface area contributed by atoms with Crippen molar-refractivity contribution in [3.63, 3.8) is 0 Å². The second-order valence-electron chi connectivity index (χ2n) is 5.36. The van der Waals surface area contributed by atoms with Crippen LogP contribution in [0.2, 0.25) is 0 Å². The molecule has 0 N–H and O–H groups in total. The van der Waals surface area contributed by atoms with Crippen LogP contribution in [0.3, 0.4) is 0 Å². The van der Waals surface area contributed by atoms with E-state index in [1.54, 1.807) is 11.1 Å². The molecule has 18 heavy (non-hydrogen) atoms. The smallest absolute Gasteiger partial charge is 0.294 e. The maximum absolute atomic E-state index is 12.4. The second-order valence-corrected chi connectivity index (χ2v) is 5.36. The monoisotopic (exact) mass is 256 g/mol. The molecule has 3 unspecified atom stereocenters. The molecule has 0 radical (unpaired) electrons. The van der Waals surface area contributed by atoms with Crippen molar-refractivity contribution >= 4 is 0 Å². The Morgan fingerprint density at radius 2 is 2.17 bits per heavy atom. The lowest BCUT2D eigenvalue weighted by Crippen LogP contribution is -2.33. The molecule has 3 atom stereocenters. The van der Waals surface area contributed by atoms with Crippen LogP contribution in [0.1, 0.15) is 17.9 Å². The van der Waals surface area contributed by atoms with E-state index in [-0.39, 0.29) is 0 Å². The van der Waals surface area contributed by atoms with Crippen LogP contribution in [0.25, 0.3) is 0 Å². The van der Waals surface area contributed by atoms with E-state index in [2.05, 4.69) is 4.98 Å². The Hall–Kier alpha value is -1.10. The van der Waals surface area contributed by atoms with Crippen LogP contribution in [0.15, 0.2) is 24.5 Å². The number of pyridine rings is 1. The zero-order valence-corrected chi connectivity index (χ0v) is 9.90. The van der Waals surface area contributed by atoms with Gasteiger partial charge in [-0.15, -0.1) is 0 Å². The second kappa shape index (κ2) is 4.23. The van der Waals surface area contributed by atoms with Gasteiger partial charge in [-0.25, -0.2) is 0 Å². The quantitative estimate of drug-likeness (QED) is 0.808. The maximum Gasteiger partial charge on any atom is 0.401 e. The fraction of sp³-hybridized carbons (Fsp3) is 0.615. The zero-order valence-electron chi connectivity index (χ0n) is 9.90. The Kier molecular flexibility index (Phi) is 2.81. The fourth-order valence-electron chi connectivity index (χ4n) is 3.36. The van der Waals surface area contributed by atoms with Gasteiger partial charge in [0.05, 0.1) is 6.54 Å². The minimum absolute atomic E-state index is 0.386. The Balaban J connectivity index is 1.63. The number of aromatic nitrogens is 1. The van der Waals surface area contributed by atoms with Gasteiger partial charge in [0.1, 0.15) is 0 Å². The van der Waals surface area contributed by atoms with Crippen molar-refractivity contribution in [1.82, 2.24) is 9.88 Å². The molecule has 2 fully saturated rings. The van der Waals surface area contributed by atoms with Crippen molar-refractivity contribution in [3.05, 3.63) is 30.1 Å². The van der Waals surface area contributed by atoms with E-state index in [1.807, 2.05) is 18.3 Å². The SMILES string of the molecule is FC(F)(F)CN1CC2CC(c3cccnc3)C2C1. The van der Waals surface area contributed by atoms with E-state index in [4.69, 9.17) is 0 Å². The summed E-state index contributed by atoms with van der Waals surface area (Å²) in [5.41, 5.74) is 1.17. The van der Waals surface area contributed by atoms with Crippen molar-refractivity contribution in [1.29, 1.82) is 0 Å². The Bertz CT molecular complexity index is 418. The van der Waals surface area contributed by atoms with Gasteiger partial charge in [-0.3, -0.25) is 9.88 Å². The van der Waals surface area contributed by atoms with Gasteiger partial charge in [0, 0.05) is 25.5 Å².